The number of aromatic nitrogens is 4. The lowest BCUT2D eigenvalue weighted by atomic mass is 10.1. The molecule has 3 heterocycles. The van der Waals surface area contributed by atoms with E-state index >= 15 is 0 Å². The molecule has 0 amide bonds. The summed E-state index contributed by atoms with van der Waals surface area (Å²) >= 11 is 0. The zero-order chi connectivity index (χ0) is 18.0. The number of hydrogen-bond donors (Lipinski definition) is 0. The molecule has 1 atom stereocenters. The molecule has 1 aliphatic rings. The number of rotatable bonds is 6. The van der Waals surface area contributed by atoms with Gasteiger partial charge in [-0.1, -0.05) is 6.92 Å². The molecule has 9 heteroatoms. The lowest BCUT2D eigenvalue weighted by Gasteiger charge is -2.27. The van der Waals surface area contributed by atoms with E-state index in [1.165, 1.54) is 8.61 Å². The molecule has 0 aliphatic carbocycles. The van der Waals surface area contributed by atoms with Gasteiger partial charge in [0.15, 0.2) is 0 Å². The van der Waals surface area contributed by atoms with Crippen molar-refractivity contribution in [3.05, 3.63) is 30.4 Å². The fourth-order valence-electron chi connectivity index (χ4n) is 3.21. The maximum absolute atomic E-state index is 12.7. The molecule has 2 aromatic heterocycles. The molecule has 136 valence electrons. The second-order valence-corrected chi connectivity index (χ2v) is 8.38. The Hall–Kier alpha value is -1.84. The predicted molar refractivity (Wildman–Crippen MR) is 94.8 cm³/mol. The number of aryl methyl sites for hydroxylation is 1. The van der Waals surface area contributed by atoms with Crippen LogP contribution < -0.4 is 0 Å². The van der Waals surface area contributed by atoms with Gasteiger partial charge in [0, 0.05) is 45.8 Å². The molecule has 0 saturated carbocycles. The first-order chi connectivity index (χ1) is 12.0. The van der Waals surface area contributed by atoms with Crippen LogP contribution in [0.5, 0.6) is 0 Å². The zero-order valence-corrected chi connectivity index (χ0v) is 15.6. The minimum Gasteiger partial charge on any atom is -0.263 e. The van der Waals surface area contributed by atoms with Crippen molar-refractivity contribution in [3.63, 3.8) is 0 Å². The normalized spacial score (nSPS) is 19.0. The van der Waals surface area contributed by atoms with Crippen LogP contribution in [0, 0.1) is 0 Å². The van der Waals surface area contributed by atoms with Gasteiger partial charge in [-0.2, -0.15) is 22.1 Å². The van der Waals surface area contributed by atoms with E-state index in [1.54, 1.807) is 32.7 Å². The maximum atomic E-state index is 12.7. The molecule has 1 aliphatic heterocycles. The van der Waals surface area contributed by atoms with Crippen molar-refractivity contribution in [2.24, 2.45) is 0 Å². The first-order valence-corrected chi connectivity index (χ1v) is 9.89. The molecule has 0 radical (unpaired) electrons. The largest absolute Gasteiger partial charge is 0.282 e. The van der Waals surface area contributed by atoms with Gasteiger partial charge < -0.3 is 0 Å². The zero-order valence-electron chi connectivity index (χ0n) is 14.8. The molecule has 3 rings (SSSR count). The third-order valence-electron chi connectivity index (χ3n) is 4.40. The van der Waals surface area contributed by atoms with Gasteiger partial charge in [0.05, 0.1) is 17.4 Å². The molecule has 25 heavy (non-hydrogen) atoms. The summed E-state index contributed by atoms with van der Waals surface area (Å²) in [6.45, 7) is 3.36. The van der Waals surface area contributed by atoms with E-state index in [1.807, 2.05) is 10.7 Å². The van der Waals surface area contributed by atoms with Crippen LogP contribution in [-0.2, 0) is 16.8 Å². The summed E-state index contributed by atoms with van der Waals surface area (Å²) in [6, 6.07) is 1.60. The minimum atomic E-state index is -3.50. The molecule has 8 nitrogen and oxygen atoms in total. The summed E-state index contributed by atoms with van der Waals surface area (Å²) in [4.78, 5) is 9.02. The van der Waals surface area contributed by atoms with Gasteiger partial charge in [-0.05, 0) is 25.3 Å². The van der Waals surface area contributed by atoms with Gasteiger partial charge in [-0.15, -0.1) is 0 Å². The summed E-state index contributed by atoms with van der Waals surface area (Å²) in [7, 11) is -0.395. The molecular formula is C16H24N6O2S. The van der Waals surface area contributed by atoms with Gasteiger partial charge in [-0.25, -0.2) is 0 Å². The quantitative estimate of drug-likeness (QED) is 0.779. The topological polar surface area (TPSA) is 84.2 Å². The Morgan fingerprint density at radius 2 is 2.00 bits per heavy atom. The van der Waals surface area contributed by atoms with Crippen LogP contribution in [-0.4, -0.2) is 57.4 Å². The third kappa shape index (κ3) is 3.31. The molecule has 1 saturated heterocycles. The van der Waals surface area contributed by atoms with Crippen molar-refractivity contribution in [2.75, 3.05) is 20.6 Å². The van der Waals surface area contributed by atoms with Crippen LogP contribution in [0.15, 0.2) is 24.7 Å². The molecule has 2 aromatic rings. The first-order valence-electron chi connectivity index (χ1n) is 8.49. The van der Waals surface area contributed by atoms with Gasteiger partial charge in [0.1, 0.15) is 5.69 Å². The van der Waals surface area contributed by atoms with Crippen molar-refractivity contribution >= 4 is 10.2 Å². The Labute approximate surface area is 148 Å². The van der Waals surface area contributed by atoms with Gasteiger partial charge in [-0.3, -0.25) is 14.6 Å². The van der Waals surface area contributed by atoms with E-state index in [0.717, 1.165) is 31.5 Å². The van der Waals surface area contributed by atoms with E-state index < -0.39 is 10.2 Å². The highest BCUT2D eigenvalue weighted by Gasteiger charge is 2.38. The second-order valence-electron chi connectivity index (χ2n) is 6.29. The molecule has 0 spiro atoms. The summed E-state index contributed by atoms with van der Waals surface area (Å²) < 4.78 is 30.0. The Morgan fingerprint density at radius 3 is 2.72 bits per heavy atom. The molecule has 0 unspecified atom stereocenters. The average molecular weight is 364 g/mol. The highest BCUT2D eigenvalue weighted by atomic mass is 32.2. The maximum Gasteiger partial charge on any atom is 0.282 e. The van der Waals surface area contributed by atoms with E-state index in [-0.39, 0.29) is 6.04 Å². The molecule has 0 bridgehead atoms. The Kier molecular flexibility index (Phi) is 5.16. The Balaban J connectivity index is 2.05. The summed E-state index contributed by atoms with van der Waals surface area (Å²) in [5, 5.41) is 4.35. The Morgan fingerprint density at radius 1 is 1.24 bits per heavy atom. The van der Waals surface area contributed by atoms with Crippen LogP contribution in [0.1, 0.15) is 37.9 Å². The summed E-state index contributed by atoms with van der Waals surface area (Å²) in [6.07, 6.45) is 7.50. The van der Waals surface area contributed by atoms with Crippen molar-refractivity contribution in [3.8, 4) is 11.4 Å². The fraction of sp³-hybridized carbons (Fsp3) is 0.562. The van der Waals surface area contributed by atoms with Crippen LogP contribution in [0.25, 0.3) is 11.4 Å². The lowest BCUT2D eigenvalue weighted by molar-refractivity contribution is 0.358. The van der Waals surface area contributed by atoms with E-state index in [9.17, 15) is 8.42 Å². The van der Waals surface area contributed by atoms with E-state index in [4.69, 9.17) is 0 Å². The van der Waals surface area contributed by atoms with Crippen LogP contribution in [0.2, 0.25) is 0 Å². The number of hydrogen-bond acceptors (Lipinski definition) is 5. The van der Waals surface area contributed by atoms with Crippen molar-refractivity contribution in [1.29, 1.82) is 0 Å². The summed E-state index contributed by atoms with van der Waals surface area (Å²) in [5.41, 5.74) is 2.28. The van der Waals surface area contributed by atoms with E-state index in [2.05, 4.69) is 22.0 Å². The minimum absolute atomic E-state index is 0.305. The number of nitrogens with zero attached hydrogens (tertiary/aromatic N) is 6. The smallest absolute Gasteiger partial charge is 0.263 e. The highest BCUT2D eigenvalue weighted by Crippen LogP contribution is 2.37. The van der Waals surface area contributed by atoms with Gasteiger partial charge in [0.25, 0.3) is 10.2 Å². The Bertz CT molecular complexity index is 833. The third-order valence-corrected chi connectivity index (χ3v) is 6.35. The van der Waals surface area contributed by atoms with Crippen molar-refractivity contribution in [1.82, 2.24) is 28.4 Å². The molecule has 0 aromatic carbocycles. The van der Waals surface area contributed by atoms with E-state index in [0.29, 0.717) is 17.9 Å². The van der Waals surface area contributed by atoms with Crippen molar-refractivity contribution in [2.45, 2.75) is 38.8 Å². The SMILES string of the molecule is CCCn1nccc1-c1nccnc1[C@@H]1CCCN1S(=O)(=O)N(C)C. The lowest BCUT2D eigenvalue weighted by Crippen LogP contribution is -2.39. The second kappa shape index (κ2) is 7.19. The van der Waals surface area contributed by atoms with Gasteiger partial charge in [0.2, 0.25) is 0 Å². The standard InChI is InChI=1S/C16H24N6O2S/c1-4-11-21-13(7-8-19-21)15-16(18-10-9-17-15)14-6-5-12-22(14)25(23,24)20(2)3/h7-10,14H,4-6,11-12H2,1-3H3/t14-/m0/s1. The van der Waals surface area contributed by atoms with Gasteiger partial charge >= 0.3 is 0 Å². The average Bonchev–Trinajstić information content (AvgIpc) is 3.24. The first kappa shape index (κ1) is 18.0. The molecule has 0 N–H and O–H groups in total. The predicted octanol–water partition coefficient (Wildman–Crippen LogP) is 1.69. The summed E-state index contributed by atoms with van der Waals surface area (Å²) in [5.74, 6) is 0. The van der Waals surface area contributed by atoms with Crippen molar-refractivity contribution < 1.29 is 8.42 Å². The molecular weight excluding hydrogens is 340 g/mol. The fourth-order valence-corrected chi connectivity index (χ4v) is 4.52. The van der Waals surface area contributed by atoms with Crippen LogP contribution in [0.4, 0.5) is 0 Å². The molecule has 1 fully saturated rings. The van der Waals surface area contributed by atoms with Crippen LogP contribution in [0.3, 0.4) is 0 Å². The monoisotopic (exact) mass is 364 g/mol. The van der Waals surface area contributed by atoms with Crippen LogP contribution >= 0.6 is 0 Å². The highest BCUT2D eigenvalue weighted by molar-refractivity contribution is 7.86.